The van der Waals surface area contributed by atoms with Crippen LogP contribution in [0.15, 0.2) is 53.7 Å². The van der Waals surface area contributed by atoms with Gasteiger partial charge in [0.25, 0.3) is 5.91 Å². The van der Waals surface area contributed by atoms with Gasteiger partial charge in [-0.1, -0.05) is 11.7 Å². The molecule has 0 saturated carbocycles. The molecule has 70 heavy (non-hydrogen) atoms. The topological polar surface area (TPSA) is 242 Å². The molecule has 4 heterocycles. The van der Waals surface area contributed by atoms with Crippen molar-refractivity contribution >= 4 is 17.6 Å². The Balaban J connectivity index is 0.738. The van der Waals surface area contributed by atoms with E-state index in [0.29, 0.717) is 132 Å². The van der Waals surface area contributed by atoms with Gasteiger partial charge in [0.2, 0.25) is 11.8 Å². The van der Waals surface area contributed by atoms with Gasteiger partial charge in [-0.2, -0.15) is 0 Å². The summed E-state index contributed by atoms with van der Waals surface area (Å²) in [6, 6.07) is 9.85. The summed E-state index contributed by atoms with van der Waals surface area (Å²) in [5.41, 5.74) is 3.97. The predicted molar refractivity (Wildman–Crippen MR) is 248 cm³/mol. The molecule has 22 nitrogen and oxygen atoms in total. The van der Waals surface area contributed by atoms with Crippen LogP contribution in [0.5, 0.6) is 40.5 Å². The van der Waals surface area contributed by atoms with E-state index in [9.17, 15) is 19.8 Å². The Morgan fingerprint density at radius 2 is 1.27 bits per heavy atom. The third-order valence-corrected chi connectivity index (χ3v) is 10.9. The highest BCUT2D eigenvalue weighted by Gasteiger charge is 2.45. The molecule has 22 heteroatoms. The lowest BCUT2D eigenvalue weighted by Gasteiger charge is -2.39. The summed E-state index contributed by atoms with van der Waals surface area (Å²) in [4.78, 5) is 35.0. The minimum atomic E-state index is -0.670. The van der Waals surface area contributed by atoms with Crippen LogP contribution in [-0.4, -0.2) is 184 Å². The van der Waals surface area contributed by atoms with E-state index >= 15 is 0 Å². The summed E-state index contributed by atoms with van der Waals surface area (Å²) in [7, 11) is 3.14. The Morgan fingerprint density at radius 1 is 0.729 bits per heavy atom. The van der Waals surface area contributed by atoms with Crippen LogP contribution in [0.3, 0.4) is 0 Å². The number of oxime groups is 1. The van der Waals surface area contributed by atoms with E-state index in [0.717, 1.165) is 28.0 Å². The predicted octanol–water partition coefficient (Wildman–Crippen LogP) is 2.75. The van der Waals surface area contributed by atoms with Crippen LogP contribution < -0.4 is 33.8 Å². The standard InChI is InChI=1S/C48H65N3O19/c1-32(2)37-28-35-36(68-37)6-5-33-47(46-34-27-39(56-3)40(57-4)29-38(34)66-30-41(46)69-48(33)35)50-67-31-42(52)49-10-12-59-14-16-61-18-20-63-22-24-65-26-25-64-23-21-62-19-17-60-15-13-58-11-9-45(55)70-51-43(53)7-8-44(51)54/h5-8,27,29,37,41,46,53-54H,1,9-26,28,30-31H2,2-4H3,(H,49,52)/t37-,41-,46+/m1/s1. The Hall–Kier alpha value is -5.85. The molecule has 3 aromatic rings. The first-order valence-electron chi connectivity index (χ1n) is 23.1. The highest BCUT2D eigenvalue weighted by atomic mass is 16.7. The third-order valence-electron chi connectivity index (χ3n) is 10.9. The van der Waals surface area contributed by atoms with Gasteiger partial charge in [0.05, 0.1) is 132 Å². The van der Waals surface area contributed by atoms with Crippen LogP contribution in [0.2, 0.25) is 0 Å². The molecule has 6 rings (SSSR count). The largest absolute Gasteiger partial charge is 0.493 e. The lowest BCUT2D eigenvalue weighted by Crippen LogP contribution is -2.43. The van der Waals surface area contributed by atoms with Crippen molar-refractivity contribution in [3.63, 3.8) is 0 Å². The number of hydrogen-bond donors (Lipinski definition) is 3. The number of rotatable bonds is 34. The number of ether oxygens (including phenoxy) is 13. The van der Waals surface area contributed by atoms with Crippen molar-refractivity contribution in [1.29, 1.82) is 0 Å². The van der Waals surface area contributed by atoms with Crippen LogP contribution in [0, 0.1) is 0 Å². The maximum atomic E-state index is 12.8. The van der Waals surface area contributed by atoms with Crippen LogP contribution in [0.4, 0.5) is 0 Å². The van der Waals surface area contributed by atoms with Crippen molar-refractivity contribution in [1.82, 2.24) is 10.0 Å². The average molecular weight is 988 g/mol. The number of nitrogens with zero attached hydrogens (tertiary/aromatic N) is 2. The molecular weight excluding hydrogens is 923 g/mol. The minimum Gasteiger partial charge on any atom is -0.493 e. The van der Waals surface area contributed by atoms with Crippen LogP contribution in [0.25, 0.3) is 0 Å². The fraction of sp³-hybridized carbons (Fsp3) is 0.562. The van der Waals surface area contributed by atoms with E-state index in [1.54, 1.807) is 20.3 Å². The first kappa shape index (κ1) is 53.5. The number of aromatic nitrogens is 1. The molecule has 1 amide bonds. The van der Waals surface area contributed by atoms with Gasteiger partial charge in [0, 0.05) is 47.9 Å². The van der Waals surface area contributed by atoms with Crippen LogP contribution >= 0.6 is 0 Å². The van der Waals surface area contributed by atoms with Crippen LogP contribution in [-0.2, 0) is 58.7 Å². The molecular formula is C48H65N3O19. The summed E-state index contributed by atoms with van der Waals surface area (Å²) in [5, 5.41) is 26.3. The highest BCUT2D eigenvalue weighted by molar-refractivity contribution is 6.09. The molecule has 0 fully saturated rings. The zero-order chi connectivity index (χ0) is 49.5. The fourth-order valence-corrected chi connectivity index (χ4v) is 7.38. The fourth-order valence-electron chi connectivity index (χ4n) is 7.38. The summed E-state index contributed by atoms with van der Waals surface area (Å²) in [5.74, 6) is 0.880. The number of carbonyl (C=O) groups excluding carboxylic acids is 2. The minimum absolute atomic E-state index is 0.0608. The van der Waals surface area contributed by atoms with E-state index in [1.807, 2.05) is 25.1 Å². The second-order valence-corrected chi connectivity index (χ2v) is 15.8. The molecule has 0 saturated heterocycles. The van der Waals surface area contributed by atoms with E-state index in [-0.39, 0.29) is 63.2 Å². The Labute approximate surface area is 406 Å². The molecule has 3 aliphatic rings. The highest BCUT2D eigenvalue weighted by Crippen LogP contribution is 2.50. The quantitative estimate of drug-likeness (QED) is 0.0443. The molecule has 2 aromatic carbocycles. The van der Waals surface area contributed by atoms with Crippen molar-refractivity contribution in [3.8, 4) is 40.5 Å². The van der Waals surface area contributed by atoms with E-state index in [1.165, 1.54) is 12.1 Å². The first-order chi connectivity index (χ1) is 34.2. The van der Waals surface area contributed by atoms with Gasteiger partial charge in [0.15, 0.2) is 18.1 Å². The average Bonchev–Trinajstić information content (AvgIpc) is 3.95. The number of fused-ring (bicyclic) bond motifs is 6. The molecule has 0 spiro atoms. The third kappa shape index (κ3) is 15.8. The van der Waals surface area contributed by atoms with Crippen molar-refractivity contribution in [2.24, 2.45) is 5.16 Å². The molecule has 386 valence electrons. The number of hydrogen-bond acceptors (Lipinski definition) is 20. The maximum Gasteiger partial charge on any atom is 0.335 e. The van der Waals surface area contributed by atoms with Gasteiger partial charge >= 0.3 is 5.97 Å². The van der Waals surface area contributed by atoms with Gasteiger partial charge in [0.1, 0.15) is 41.8 Å². The molecule has 1 aromatic heterocycles. The molecule has 3 N–H and O–H groups in total. The van der Waals surface area contributed by atoms with Gasteiger partial charge in [-0.15, -0.1) is 4.73 Å². The molecule has 0 aliphatic carbocycles. The Morgan fingerprint density at radius 3 is 1.83 bits per heavy atom. The number of benzene rings is 2. The summed E-state index contributed by atoms with van der Waals surface area (Å²) < 4.78 is 74.6. The number of methoxy groups -OCH3 is 2. The van der Waals surface area contributed by atoms with Crippen molar-refractivity contribution in [2.45, 2.75) is 37.9 Å². The van der Waals surface area contributed by atoms with E-state index in [4.69, 9.17) is 71.3 Å². The normalized spacial score (nSPS) is 17.0. The van der Waals surface area contributed by atoms with E-state index < -0.39 is 18.0 Å². The van der Waals surface area contributed by atoms with Gasteiger partial charge < -0.3 is 86.8 Å². The maximum absolute atomic E-state index is 12.8. The van der Waals surface area contributed by atoms with E-state index in [2.05, 4.69) is 17.1 Å². The van der Waals surface area contributed by atoms with Gasteiger partial charge in [-0.25, -0.2) is 4.79 Å². The number of carbonyl (C=O) groups is 2. The smallest absolute Gasteiger partial charge is 0.335 e. The SMILES string of the molecule is C=C(C)[C@H]1Cc2c(ccc3c2O[C@@H]2COc4cc(OC)c(OC)cc4[C@@H]2C3=NOCC(=O)NCCOCCOCCOCCOCCOCCOCCOCCOCCC(=O)On2c(O)ccc2O)O1. The second-order valence-electron chi connectivity index (χ2n) is 15.8. The Bertz CT molecular complexity index is 2150. The second kappa shape index (κ2) is 28.7. The molecule has 0 bridgehead atoms. The first-order valence-corrected chi connectivity index (χ1v) is 23.1. The molecule has 3 atom stereocenters. The Kier molecular flexibility index (Phi) is 22.0. The van der Waals surface area contributed by atoms with Gasteiger partial charge in [-0.3, -0.25) is 4.79 Å². The number of amides is 1. The van der Waals surface area contributed by atoms with Crippen molar-refractivity contribution in [2.75, 3.05) is 140 Å². The monoisotopic (exact) mass is 987 g/mol. The number of aromatic hydroxyl groups is 2. The summed E-state index contributed by atoms with van der Waals surface area (Å²) >= 11 is 0. The molecule has 0 radical (unpaired) electrons. The van der Waals surface area contributed by atoms with Crippen molar-refractivity contribution in [3.05, 3.63) is 65.2 Å². The number of nitrogens with one attached hydrogen (secondary N) is 1. The lowest BCUT2D eigenvalue weighted by atomic mass is 9.80. The lowest BCUT2D eigenvalue weighted by molar-refractivity contribution is -0.146. The summed E-state index contributed by atoms with van der Waals surface area (Å²) in [6.07, 6.45) is -0.0556. The van der Waals surface area contributed by atoms with Gasteiger partial charge in [-0.05, 0) is 30.7 Å². The molecule has 3 aliphatic heterocycles. The zero-order valence-corrected chi connectivity index (χ0v) is 40.0. The summed E-state index contributed by atoms with van der Waals surface area (Å²) in [6.45, 7) is 12.1. The van der Waals surface area contributed by atoms with Crippen LogP contribution in [0.1, 0.15) is 36.0 Å². The molecule has 0 unspecified atom stereocenters. The van der Waals surface area contributed by atoms with Crippen molar-refractivity contribution < 1.29 is 91.1 Å². The zero-order valence-electron chi connectivity index (χ0n) is 40.0.